The van der Waals surface area contributed by atoms with Gasteiger partial charge in [-0.25, -0.2) is 4.68 Å². The zero-order valence-corrected chi connectivity index (χ0v) is 15.6. The molecule has 0 N–H and O–H groups in total. The highest BCUT2D eigenvalue weighted by molar-refractivity contribution is 5.81. The Kier molecular flexibility index (Phi) is 4.97. The van der Waals surface area contributed by atoms with Gasteiger partial charge >= 0.3 is 0 Å². The van der Waals surface area contributed by atoms with Crippen molar-refractivity contribution in [3.05, 3.63) is 46.8 Å². The molecule has 2 fully saturated rings. The van der Waals surface area contributed by atoms with E-state index in [9.17, 15) is 9.59 Å². The zero-order chi connectivity index (χ0) is 18.8. The molecule has 6 heteroatoms. The molecule has 2 aliphatic rings. The summed E-state index contributed by atoms with van der Waals surface area (Å²) in [6, 6.07) is 11.0. The lowest BCUT2D eigenvalue weighted by Gasteiger charge is -2.32. The fourth-order valence-electron chi connectivity index (χ4n) is 3.66. The molecule has 0 atom stereocenters. The molecular formula is C21H25N3O3. The lowest BCUT2D eigenvalue weighted by molar-refractivity contribution is -0.134. The molecular weight excluding hydrogens is 342 g/mol. The van der Waals surface area contributed by atoms with Crippen LogP contribution in [0.4, 0.5) is 0 Å². The smallest absolute Gasteiger partial charge is 0.266 e. The van der Waals surface area contributed by atoms with Crippen LogP contribution in [0.15, 0.2) is 41.2 Å². The molecule has 142 valence electrons. The number of carbonyl (C=O) groups is 1. The van der Waals surface area contributed by atoms with E-state index >= 15 is 0 Å². The van der Waals surface area contributed by atoms with Crippen molar-refractivity contribution in [3.63, 3.8) is 0 Å². The minimum Gasteiger partial charge on any atom is -0.497 e. The zero-order valence-electron chi connectivity index (χ0n) is 15.6. The van der Waals surface area contributed by atoms with E-state index in [1.54, 1.807) is 23.9 Å². The molecule has 0 unspecified atom stereocenters. The number of rotatable bonds is 5. The van der Waals surface area contributed by atoms with Gasteiger partial charge in [0.05, 0.1) is 12.8 Å². The van der Waals surface area contributed by atoms with Crippen LogP contribution in [0.2, 0.25) is 0 Å². The van der Waals surface area contributed by atoms with Crippen LogP contribution < -0.4 is 10.3 Å². The average Bonchev–Trinajstić information content (AvgIpc) is 3.55. The van der Waals surface area contributed by atoms with Crippen LogP contribution >= 0.6 is 0 Å². The molecule has 1 aromatic heterocycles. The molecule has 0 spiro atoms. The molecule has 0 radical (unpaired) electrons. The second-order valence-electron chi connectivity index (χ2n) is 7.51. The van der Waals surface area contributed by atoms with Crippen molar-refractivity contribution < 1.29 is 9.53 Å². The molecule has 1 aromatic carbocycles. The van der Waals surface area contributed by atoms with Gasteiger partial charge in [-0.2, -0.15) is 5.10 Å². The third kappa shape index (κ3) is 4.04. The number of hydrogen-bond acceptors (Lipinski definition) is 4. The Hall–Kier alpha value is -2.63. The number of nitrogens with zero attached hydrogens (tertiary/aromatic N) is 3. The van der Waals surface area contributed by atoms with Gasteiger partial charge in [0.25, 0.3) is 5.56 Å². The number of hydrogen-bond donors (Lipinski definition) is 0. The number of benzene rings is 1. The van der Waals surface area contributed by atoms with E-state index in [0.717, 1.165) is 55.8 Å². The highest BCUT2D eigenvalue weighted by atomic mass is 16.5. The van der Waals surface area contributed by atoms with Crippen LogP contribution in [0.3, 0.4) is 0 Å². The lowest BCUT2D eigenvalue weighted by atomic mass is 9.96. The van der Waals surface area contributed by atoms with Gasteiger partial charge in [0.15, 0.2) is 0 Å². The second kappa shape index (κ2) is 7.55. The third-order valence-electron chi connectivity index (χ3n) is 5.54. The third-order valence-corrected chi connectivity index (χ3v) is 5.54. The summed E-state index contributed by atoms with van der Waals surface area (Å²) in [5.74, 6) is 1.78. The number of aromatic nitrogens is 2. The first kappa shape index (κ1) is 17.8. The summed E-state index contributed by atoms with van der Waals surface area (Å²) in [5, 5.41) is 4.57. The first-order valence-electron chi connectivity index (χ1n) is 9.65. The van der Waals surface area contributed by atoms with Gasteiger partial charge in [0.2, 0.25) is 5.91 Å². The summed E-state index contributed by atoms with van der Waals surface area (Å²) in [6.07, 6.45) is 3.96. The van der Waals surface area contributed by atoms with Crippen molar-refractivity contribution >= 4 is 5.91 Å². The molecule has 2 heterocycles. The van der Waals surface area contributed by atoms with Gasteiger partial charge in [-0.1, -0.05) is 0 Å². The van der Waals surface area contributed by atoms with Crippen LogP contribution in [-0.2, 0) is 11.3 Å². The Labute approximate surface area is 158 Å². The van der Waals surface area contributed by atoms with Crippen LogP contribution in [0, 0.1) is 11.8 Å². The number of ether oxygens (including phenoxy) is 1. The SMILES string of the molecule is COc1ccc(-c2ccc(=O)n(CC3CCN(C(=O)C4CC4)CC3)n2)cc1. The summed E-state index contributed by atoms with van der Waals surface area (Å²) in [5.41, 5.74) is 1.65. The van der Waals surface area contributed by atoms with Gasteiger partial charge in [0, 0.05) is 37.2 Å². The highest BCUT2D eigenvalue weighted by Gasteiger charge is 2.34. The lowest BCUT2D eigenvalue weighted by Crippen LogP contribution is -2.41. The topological polar surface area (TPSA) is 64.4 Å². The van der Waals surface area contributed by atoms with E-state index in [4.69, 9.17) is 4.74 Å². The normalized spacial score (nSPS) is 17.7. The first-order chi connectivity index (χ1) is 13.1. The summed E-state index contributed by atoms with van der Waals surface area (Å²) < 4.78 is 6.76. The van der Waals surface area contributed by atoms with Crippen molar-refractivity contribution in [2.24, 2.45) is 11.8 Å². The number of carbonyl (C=O) groups excluding carboxylic acids is 1. The van der Waals surface area contributed by atoms with Crippen molar-refractivity contribution in [2.45, 2.75) is 32.2 Å². The maximum Gasteiger partial charge on any atom is 0.266 e. The first-order valence-corrected chi connectivity index (χ1v) is 9.65. The quantitative estimate of drug-likeness (QED) is 0.815. The Balaban J connectivity index is 1.42. The molecule has 1 amide bonds. The minimum absolute atomic E-state index is 0.0799. The maximum atomic E-state index is 12.3. The number of likely N-dealkylation sites (tertiary alicyclic amines) is 1. The predicted octanol–water partition coefficient (Wildman–Crippen LogP) is 2.57. The maximum absolute atomic E-state index is 12.3. The molecule has 6 nitrogen and oxygen atoms in total. The van der Waals surface area contributed by atoms with Crippen molar-refractivity contribution in [1.29, 1.82) is 0 Å². The van der Waals surface area contributed by atoms with E-state index < -0.39 is 0 Å². The molecule has 1 aliphatic heterocycles. The monoisotopic (exact) mass is 367 g/mol. The molecule has 27 heavy (non-hydrogen) atoms. The molecule has 4 rings (SSSR count). The molecule has 2 aromatic rings. The van der Waals surface area contributed by atoms with E-state index in [1.165, 1.54) is 0 Å². The Morgan fingerprint density at radius 3 is 2.41 bits per heavy atom. The Morgan fingerprint density at radius 2 is 1.78 bits per heavy atom. The van der Waals surface area contributed by atoms with Crippen molar-refractivity contribution in [2.75, 3.05) is 20.2 Å². The van der Waals surface area contributed by atoms with Gasteiger partial charge in [-0.05, 0) is 61.9 Å². The van der Waals surface area contributed by atoms with Gasteiger partial charge in [0.1, 0.15) is 5.75 Å². The van der Waals surface area contributed by atoms with Gasteiger partial charge in [-0.15, -0.1) is 0 Å². The molecule has 1 saturated carbocycles. The predicted molar refractivity (Wildman–Crippen MR) is 103 cm³/mol. The fourth-order valence-corrected chi connectivity index (χ4v) is 3.66. The van der Waals surface area contributed by atoms with Crippen molar-refractivity contribution in [3.8, 4) is 17.0 Å². The number of amides is 1. The van der Waals surface area contributed by atoms with E-state index in [2.05, 4.69) is 5.10 Å². The van der Waals surface area contributed by atoms with Crippen LogP contribution in [0.5, 0.6) is 5.75 Å². The summed E-state index contributed by atoms with van der Waals surface area (Å²) in [4.78, 5) is 26.4. The summed E-state index contributed by atoms with van der Waals surface area (Å²) >= 11 is 0. The number of methoxy groups -OCH3 is 1. The Bertz CT molecular complexity index is 863. The van der Waals surface area contributed by atoms with Crippen LogP contribution in [0.1, 0.15) is 25.7 Å². The molecule has 1 saturated heterocycles. The van der Waals surface area contributed by atoms with Crippen molar-refractivity contribution in [1.82, 2.24) is 14.7 Å². The van der Waals surface area contributed by atoms with E-state index in [1.807, 2.05) is 29.2 Å². The average molecular weight is 367 g/mol. The highest BCUT2D eigenvalue weighted by Crippen LogP contribution is 2.32. The van der Waals surface area contributed by atoms with Gasteiger partial charge < -0.3 is 9.64 Å². The van der Waals surface area contributed by atoms with Crippen LogP contribution in [0.25, 0.3) is 11.3 Å². The second-order valence-corrected chi connectivity index (χ2v) is 7.51. The molecule has 1 aliphatic carbocycles. The standard InChI is InChI=1S/C21H25N3O3/c1-27-18-6-4-16(5-7-18)19-8-9-20(25)24(22-19)14-15-10-12-23(13-11-15)21(26)17-2-3-17/h4-9,15,17H,2-3,10-14H2,1H3. The van der Waals surface area contributed by atoms with E-state index in [-0.39, 0.29) is 11.5 Å². The summed E-state index contributed by atoms with van der Waals surface area (Å²) in [7, 11) is 1.64. The fraction of sp³-hybridized carbons (Fsp3) is 0.476. The Morgan fingerprint density at radius 1 is 1.07 bits per heavy atom. The van der Waals surface area contributed by atoms with Crippen LogP contribution in [-0.4, -0.2) is 40.8 Å². The molecule has 0 bridgehead atoms. The largest absolute Gasteiger partial charge is 0.497 e. The summed E-state index contributed by atoms with van der Waals surface area (Å²) in [6.45, 7) is 2.20. The van der Waals surface area contributed by atoms with E-state index in [0.29, 0.717) is 18.4 Å². The minimum atomic E-state index is -0.0799. The number of piperidine rings is 1. The van der Waals surface area contributed by atoms with Gasteiger partial charge in [-0.3, -0.25) is 9.59 Å².